The van der Waals surface area contributed by atoms with E-state index in [0.717, 1.165) is 29.3 Å². The molecule has 0 radical (unpaired) electrons. The van der Waals surface area contributed by atoms with Gasteiger partial charge < -0.3 is 5.73 Å². The minimum absolute atomic E-state index is 0.550. The molecule has 3 heteroatoms. The summed E-state index contributed by atoms with van der Waals surface area (Å²) in [4.78, 5) is 0. The number of hydrogen-bond acceptors (Lipinski definition) is 2. The predicted molar refractivity (Wildman–Crippen MR) is 68.3 cm³/mol. The van der Waals surface area contributed by atoms with E-state index in [1.165, 1.54) is 12.8 Å². The summed E-state index contributed by atoms with van der Waals surface area (Å²) in [6, 6.07) is 10.3. The molecule has 88 valence electrons. The summed E-state index contributed by atoms with van der Waals surface area (Å²) in [6.07, 6.45) is 4.79. The molecule has 1 aliphatic rings. The van der Waals surface area contributed by atoms with Crippen molar-refractivity contribution in [2.75, 3.05) is 0 Å². The Morgan fingerprint density at radius 2 is 2.00 bits per heavy atom. The zero-order valence-electron chi connectivity index (χ0n) is 9.84. The van der Waals surface area contributed by atoms with Gasteiger partial charge in [-0.25, -0.2) is 0 Å². The maximum absolute atomic E-state index is 5.79. The fraction of sp³-hybridized carbons (Fsp3) is 0.357. The second-order valence-electron chi connectivity index (χ2n) is 4.74. The molecule has 1 saturated carbocycles. The van der Waals surface area contributed by atoms with Crippen molar-refractivity contribution in [3.05, 3.63) is 42.1 Å². The van der Waals surface area contributed by atoms with Crippen LogP contribution in [-0.4, -0.2) is 9.78 Å². The van der Waals surface area contributed by atoms with Crippen LogP contribution in [0.25, 0.3) is 11.3 Å². The average Bonchev–Trinajstić information content (AvgIpc) is 3.08. The largest absolute Gasteiger partial charge is 0.326 e. The summed E-state index contributed by atoms with van der Waals surface area (Å²) in [5, 5.41) is 4.67. The summed E-state index contributed by atoms with van der Waals surface area (Å²) >= 11 is 0. The van der Waals surface area contributed by atoms with Gasteiger partial charge in [-0.05, 0) is 18.8 Å². The Kier molecular flexibility index (Phi) is 2.69. The minimum atomic E-state index is 0.550. The van der Waals surface area contributed by atoms with Gasteiger partial charge in [-0.15, -0.1) is 0 Å². The van der Waals surface area contributed by atoms with Crippen molar-refractivity contribution in [1.82, 2.24) is 9.78 Å². The highest BCUT2D eigenvalue weighted by Gasteiger charge is 2.22. The summed E-state index contributed by atoms with van der Waals surface area (Å²) in [5.41, 5.74) is 9.12. The van der Waals surface area contributed by atoms with E-state index in [4.69, 9.17) is 5.73 Å². The third-order valence-electron chi connectivity index (χ3n) is 3.25. The van der Waals surface area contributed by atoms with E-state index in [0.29, 0.717) is 6.54 Å². The number of benzene rings is 1. The van der Waals surface area contributed by atoms with Crippen LogP contribution in [0.15, 0.2) is 36.5 Å². The molecule has 1 aromatic carbocycles. The lowest BCUT2D eigenvalue weighted by Gasteiger charge is -1.99. The van der Waals surface area contributed by atoms with E-state index in [-0.39, 0.29) is 0 Å². The first-order chi connectivity index (χ1) is 8.36. The summed E-state index contributed by atoms with van der Waals surface area (Å²) in [7, 11) is 0. The Hall–Kier alpha value is -1.61. The van der Waals surface area contributed by atoms with Crippen LogP contribution in [-0.2, 0) is 13.1 Å². The van der Waals surface area contributed by atoms with Gasteiger partial charge in [0.15, 0.2) is 0 Å². The highest BCUT2D eigenvalue weighted by Crippen LogP contribution is 2.31. The van der Waals surface area contributed by atoms with E-state index in [1.807, 2.05) is 18.2 Å². The van der Waals surface area contributed by atoms with Crippen molar-refractivity contribution in [2.24, 2.45) is 11.7 Å². The van der Waals surface area contributed by atoms with Crippen molar-refractivity contribution >= 4 is 0 Å². The summed E-state index contributed by atoms with van der Waals surface area (Å²) in [6.45, 7) is 1.59. The molecule has 2 N–H and O–H groups in total. The topological polar surface area (TPSA) is 43.8 Å². The SMILES string of the molecule is NCc1cn(CC2CC2)nc1-c1ccccc1. The van der Waals surface area contributed by atoms with Gasteiger partial charge in [0.05, 0.1) is 5.69 Å². The quantitative estimate of drug-likeness (QED) is 0.871. The molecule has 0 bridgehead atoms. The molecule has 0 unspecified atom stereocenters. The van der Waals surface area contributed by atoms with Crippen LogP contribution in [0, 0.1) is 5.92 Å². The molecule has 0 amide bonds. The zero-order chi connectivity index (χ0) is 11.7. The lowest BCUT2D eigenvalue weighted by Crippen LogP contribution is -2.00. The number of nitrogens with zero attached hydrogens (tertiary/aromatic N) is 2. The third-order valence-corrected chi connectivity index (χ3v) is 3.25. The Morgan fingerprint density at radius 3 is 2.65 bits per heavy atom. The molecule has 0 saturated heterocycles. The van der Waals surface area contributed by atoms with Gasteiger partial charge in [0.25, 0.3) is 0 Å². The maximum atomic E-state index is 5.79. The van der Waals surface area contributed by atoms with Crippen molar-refractivity contribution in [1.29, 1.82) is 0 Å². The first kappa shape index (κ1) is 10.5. The number of nitrogens with two attached hydrogens (primary N) is 1. The third kappa shape index (κ3) is 2.24. The lowest BCUT2D eigenvalue weighted by molar-refractivity contribution is 0.564. The molecular weight excluding hydrogens is 210 g/mol. The Bertz CT molecular complexity index is 497. The van der Waals surface area contributed by atoms with Gasteiger partial charge in [-0.2, -0.15) is 5.10 Å². The van der Waals surface area contributed by atoms with Gasteiger partial charge in [0, 0.05) is 30.4 Å². The second-order valence-corrected chi connectivity index (χ2v) is 4.74. The Balaban J connectivity index is 1.94. The molecule has 17 heavy (non-hydrogen) atoms. The van der Waals surface area contributed by atoms with Crippen molar-refractivity contribution < 1.29 is 0 Å². The first-order valence-corrected chi connectivity index (χ1v) is 6.18. The Morgan fingerprint density at radius 1 is 1.24 bits per heavy atom. The molecule has 1 fully saturated rings. The van der Waals surface area contributed by atoms with Gasteiger partial charge in [-0.3, -0.25) is 4.68 Å². The van der Waals surface area contributed by atoms with Crippen LogP contribution in [0.5, 0.6) is 0 Å². The van der Waals surface area contributed by atoms with Crippen LogP contribution in [0.4, 0.5) is 0 Å². The monoisotopic (exact) mass is 227 g/mol. The van der Waals surface area contributed by atoms with E-state index in [1.54, 1.807) is 0 Å². The minimum Gasteiger partial charge on any atom is -0.326 e. The second kappa shape index (κ2) is 4.34. The van der Waals surface area contributed by atoms with Crippen LogP contribution in [0.1, 0.15) is 18.4 Å². The number of aromatic nitrogens is 2. The average molecular weight is 227 g/mol. The molecule has 2 aromatic rings. The fourth-order valence-electron chi connectivity index (χ4n) is 2.11. The molecule has 3 nitrogen and oxygen atoms in total. The van der Waals surface area contributed by atoms with E-state index in [2.05, 4.69) is 28.1 Å². The van der Waals surface area contributed by atoms with E-state index < -0.39 is 0 Å². The maximum Gasteiger partial charge on any atom is 0.0968 e. The molecule has 1 aliphatic carbocycles. The van der Waals surface area contributed by atoms with Gasteiger partial charge >= 0.3 is 0 Å². The first-order valence-electron chi connectivity index (χ1n) is 6.18. The zero-order valence-corrected chi connectivity index (χ0v) is 9.84. The Labute approximate surface area is 101 Å². The van der Waals surface area contributed by atoms with Gasteiger partial charge in [-0.1, -0.05) is 30.3 Å². The van der Waals surface area contributed by atoms with Crippen LogP contribution in [0.3, 0.4) is 0 Å². The number of rotatable bonds is 4. The molecular formula is C14H17N3. The molecule has 0 atom stereocenters. The summed E-state index contributed by atoms with van der Waals surface area (Å²) < 4.78 is 2.06. The summed E-state index contributed by atoms with van der Waals surface area (Å²) in [5.74, 6) is 0.837. The fourth-order valence-corrected chi connectivity index (χ4v) is 2.11. The van der Waals surface area contributed by atoms with E-state index in [9.17, 15) is 0 Å². The standard InChI is InChI=1S/C14H17N3/c15-8-13-10-17(9-11-6-7-11)16-14(13)12-4-2-1-3-5-12/h1-5,10-11H,6-9,15H2. The van der Waals surface area contributed by atoms with Crippen LogP contribution >= 0.6 is 0 Å². The highest BCUT2D eigenvalue weighted by atomic mass is 15.3. The highest BCUT2D eigenvalue weighted by molar-refractivity contribution is 5.62. The molecule has 0 aliphatic heterocycles. The molecule has 1 aromatic heterocycles. The van der Waals surface area contributed by atoms with Crippen molar-refractivity contribution in [2.45, 2.75) is 25.9 Å². The van der Waals surface area contributed by atoms with E-state index >= 15 is 0 Å². The van der Waals surface area contributed by atoms with Crippen LogP contribution < -0.4 is 5.73 Å². The number of hydrogen-bond donors (Lipinski definition) is 1. The van der Waals surface area contributed by atoms with Gasteiger partial charge in [0.1, 0.15) is 0 Å². The van der Waals surface area contributed by atoms with Crippen molar-refractivity contribution in [3.63, 3.8) is 0 Å². The molecule has 0 spiro atoms. The normalized spacial score (nSPS) is 15.1. The predicted octanol–water partition coefficient (Wildman–Crippen LogP) is 2.42. The van der Waals surface area contributed by atoms with Crippen molar-refractivity contribution in [3.8, 4) is 11.3 Å². The lowest BCUT2D eigenvalue weighted by atomic mass is 10.1. The smallest absolute Gasteiger partial charge is 0.0968 e. The molecule has 3 rings (SSSR count). The van der Waals surface area contributed by atoms with Crippen LogP contribution in [0.2, 0.25) is 0 Å². The van der Waals surface area contributed by atoms with Gasteiger partial charge in [0.2, 0.25) is 0 Å². The molecule has 1 heterocycles.